The largest absolute Gasteiger partial charge is 0.338 e. The number of likely N-dealkylation sites (tertiary alicyclic amines) is 1. The minimum absolute atomic E-state index is 0.00863. The first kappa shape index (κ1) is 17.3. The maximum absolute atomic E-state index is 13.3. The van der Waals surface area contributed by atoms with Crippen molar-refractivity contribution in [2.75, 3.05) is 13.1 Å². The smallest absolute Gasteiger partial charge is 0.253 e. The van der Waals surface area contributed by atoms with Crippen LogP contribution in [0.1, 0.15) is 34.8 Å². The van der Waals surface area contributed by atoms with Crippen molar-refractivity contribution >= 4 is 5.91 Å². The van der Waals surface area contributed by atoms with Gasteiger partial charge >= 0.3 is 0 Å². The number of amides is 1. The summed E-state index contributed by atoms with van der Waals surface area (Å²) in [4.78, 5) is 27.7. The van der Waals surface area contributed by atoms with Crippen molar-refractivity contribution in [3.05, 3.63) is 78.3 Å². The number of benzene rings is 1. The van der Waals surface area contributed by atoms with Gasteiger partial charge in [-0.1, -0.05) is 0 Å². The van der Waals surface area contributed by atoms with E-state index in [1.807, 2.05) is 4.90 Å². The minimum Gasteiger partial charge on any atom is -0.338 e. The van der Waals surface area contributed by atoms with Crippen molar-refractivity contribution in [2.24, 2.45) is 0 Å². The highest BCUT2D eigenvalue weighted by molar-refractivity contribution is 5.94. The van der Waals surface area contributed by atoms with Crippen molar-refractivity contribution in [3.63, 3.8) is 0 Å². The SMILES string of the molecule is O=C(c1ccncc1)N1CCCC(c2nccnc2-c2ccc(F)cc2)C1. The molecule has 1 atom stereocenters. The molecule has 0 aliphatic carbocycles. The van der Waals surface area contributed by atoms with Crippen LogP contribution in [0.25, 0.3) is 11.3 Å². The summed E-state index contributed by atoms with van der Waals surface area (Å²) in [5.74, 6) is -0.177. The van der Waals surface area contributed by atoms with Gasteiger partial charge < -0.3 is 4.90 Å². The molecule has 5 nitrogen and oxygen atoms in total. The number of rotatable bonds is 3. The van der Waals surface area contributed by atoms with E-state index in [0.29, 0.717) is 12.1 Å². The van der Waals surface area contributed by atoms with Crippen molar-refractivity contribution in [3.8, 4) is 11.3 Å². The molecule has 0 bridgehead atoms. The molecule has 3 aromatic rings. The number of hydrogen-bond acceptors (Lipinski definition) is 4. The highest BCUT2D eigenvalue weighted by Crippen LogP contribution is 2.32. The molecule has 3 heterocycles. The van der Waals surface area contributed by atoms with E-state index in [2.05, 4.69) is 15.0 Å². The van der Waals surface area contributed by atoms with Gasteiger partial charge in [-0.05, 0) is 49.2 Å². The van der Waals surface area contributed by atoms with Gasteiger partial charge in [-0.25, -0.2) is 4.39 Å². The van der Waals surface area contributed by atoms with E-state index >= 15 is 0 Å². The third kappa shape index (κ3) is 3.69. The van der Waals surface area contributed by atoms with E-state index < -0.39 is 0 Å². The third-order valence-electron chi connectivity index (χ3n) is 4.87. The fourth-order valence-corrected chi connectivity index (χ4v) is 3.54. The lowest BCUT2D eigenvalue weighted by atomic mass is 9.91. The van der Waals surface area contributed by atoms with Crippen LogP contribution in [-0.2, 0) is 0 Å². The summed E-state index contributed by atoms with van der Waals surface area (Å²) >= 11 is 0. The van der Waals surface area contributed by atoms with E-state index in [1.54, 1.807) is 49.1 Å². The number of carbonyl (C=O) groups is 1. The van der Waals surface area contributed by atoms with Gasteiger partial charge in [-0.15, -0.1) is 0 Å². The summed E-state index contributed by atoms with van der Waals surface area (Å²) in [5.41, 5.74) is 3.08. The fourth-order valence-electron chi connectivity index (χ4n) is 3.54. The normalized spacial score (nSPS) is 16.9. The predicted octanol–water partition coefficient (Wildman–Crippen LogP) is 3.70. The Bertz CT molecular complexity index is 930. The maximum atomic E-state index is 13.3. The molecule has 6 heteroatoms. The molecule has 0 spiro atoms. The first-order chi connectivity index (χ1) is 13.2. The monoisotopic (exact) mass is 362 g/mol. The second kappa shape index (κ2) is 7.61. The highest BCUT2D eigenvalue weighted by Gasteiger charge is 2.28. The van der Waals surface area contributed by atoms with E-state index in [1.165, 1.54) is 12.1 Å². The van der Waals surface area contributed by atoms with Crippen LogP contribution in [0, 0.1) is 5.82 Å². The summed E-state index contributed by atoms with van der Waals surface area (Å²) in [5, 5.41) is 0. The van der Waals surface area contributed by atoms with Crippen LogP contribution in [0.2, 0.25) is 0 Å². The van der Waals surface area contributed by atoms with Gasteiger partial charge in [-0.2, -0.15) is 0 Å². The Morgan fingerprint density at radius 3 is 2.52 bits per heavy atom. The standard InChI is InChI=1S/C21H19FN4O/c22-18-5-3-15(4-6-18)19-20(25-12-11-24-19)17-2-1-13-26(14-17)21(27)16-7-9-23-10-8-16/h3-12,17H,1-2,13-14H2. The van der Waals surface area contributed by atoms with Crippen molar-refractivity contribution in [1.82, 2.24) is 19.9 Å². The predicted molar refractivity (Wildman–Crippen MR) is 99.5 cm³/mol. The number of nitrogens with zero attached hydrogens (tertiary/aromatic N) is 4. The maximum Gasteiger partial charge on any atom is 0.253 e. The zero-order chi connectivity index (χ0) is 18.6. The Hall–Kier alpha value is -3.15. The topological polar surface area (TPSA) is 59.0 Å². The van der Waals surface area contributed by atoms with Crippen LogP contribution in [0.3, 0.4) is 0 Å². The summed E-state index contributed by atoms with van der Waals surface area (Å²) in [6.45, 7) is 1.32. The molecule has 1 saturated heterocycles. The van der Waals surface area contributed by atoms with Crippen molar-refractivity contribution < 1.29 is 9.18 Å². The van der Waals surface area contributed by atoms with Gasteiger partial charge in [0, 0.05) is 54.9 Å². The zero-order valence-electron chi connectivity index (χ0n) is 14.8. The Kier molecular flexibility index (Phi) is 4.87. The molecule has 4 rings (SSSR count). The molecule has 1 aromatic carbocycles. The lowest BCUT2D eigenvalue weighted by Crippen LogP contribution is -2.39. The van der Waals surface area contributed by atoms with E-state index in [9.17, 15) is 9.18 Å². The molecular weight excluding hydrogens is 343 g/mol. The summed E-state index contributed by atoms with van der Waals surface area (Å²) < 4.78 is 13.3. The van der Waals surface area contributed by atoms with Gasteiger partial charge in [0.2, 0.25) is 0 Å². The van der Waals surface area contributed by atoms with E-state index in [0.717, 1.165) is 36.3 Å². The second-order valence-electron chi connectivity index (χ2n) is 6.62. The van der Waals surface area contributed by atoms with Gasteiger partial charge in [-0.3, -0.25) is 19.7 Å². The summed E-state index contributed by atoms with van der Waals surface area (Å²) in [7, 11) is 0. The van der Waals surface area contributed by atoms with Crippen LogP contribution < -0.4 is 0 Å². The van der Waals surface area contributed by atoms with Gasteiger partial charge in [0.05, 0.1) is 11.4 Å². The third-order valence-corrected chi connectivity index (χ3v) is 4.87. The molecule has 0 saturated carbocycles. The summed E-state index contributed by atoms with van der Waals surface area (Å²) in [6, 6.07) is 9.75. The molecule has 27 heavy (non-hydrogen) atoms. The van der Waals surface area contributed by atoms with E-state index in [4.69, 9.17) is 0 Å². The molecule has 1 unspecified atom stereocenters. The second-order valence-corrected chi connectivity index (χ2v) is 6.62. The van der Waals surface area contributed by atoms with Gasteiger partial charge in [0.25, 0.3) is 5.91 Å². The molecule has 136 valence electrons. The molecule has 1 aliphatic heterocycles. The number of carbonyl (C=O) groups excluding carboxylic acids is 1. The molecule has 0 N–H and O–H groups in total. The lowest BCUT2D eigenvalue weighted by molar-refractivity contribution is 0.0706. The Labute approximate surface area is 156 Å². The van der Waals surface area contributed by atoms with Crippen LogP contribution >= 0.6 is 0 Å². The fraction of sp³-hybridized carbons (Fsp3) is 0.238. The van der Waals surface area contributed by atoms with Crippen LogP contribution in [-0.4, -0.2) is 38.8 Å². The molecule has 0 radical (unpaired) electrons. The lowest BCUT2D eigenvalue weighted by Gasteiger charge is -2.33. The molecule has 1 aliphatic rings. The average Bonchev–Trinajstić information content (AvgIpc) is 2.74. The van der Waals surface area contributed by atoms with Crippen LogP contribution in [0.15, 0.2) is 61.2 Å². The molecule has 1 fully saturated rings. The molecule has 2 aromatic heterocycles. The average molecular weight is 362 g/mol. The quantitative estimate of drug-likeness (QED) is 0.713. The molecular formula is C21H19FN4O. The van der Waals surface area contributed by atoms with Crippen LogP contribution in [0.4, 0.5) is 4.39 Å². The van der Waals surface area contributed by atoms with Gasteiger partial charge in [0.1, 0.15) is 5.82 Å². The minimum atomic E-state index is -0.282. The van der Waals surface area contributed by atoms with Crippen LogP contribution in [0.5, 0.6) is 0 Å². The zero-order valence-corrected chi connectivity index (χ0v) is 14.8. The summed E-state index contributed by atoms with van der Waals surface area (Å²) in [6.07, 6.45) is 8.42. The van der Waals surface area contributed by atoms with Gasteiger partial charge in [0.15, 0.2) is 0 Å². The Morgan fingerprint density at radius 1 is 1.00 bits per heavy atom. The highest BCUT2D eigenvalue weighted by atomic mass is 19.1. The molecule has 1 amide bonds. The Balaban J connectivity index is 1.60. The number of piperidine rings is 1. The Morgan fingerprint density at radius 2 is 1.74 bits per heavy atom. The number of hydrogen-bond donors (Lipinski definition) is 0. The van der Waals surface area contributed by atoms with E-state index in [-0.39, 0.29) is 17.6 Å². The number of halogens is 1. The number of aromatic nitrogens is 3. The first-order valence-corrected chi connectivity index (χ1v) is 8.98. The first-order valence-electron chi connectivity index (χ1n) is 8.98. The van der Waals surface area contributed by atoms with Crippen molar-refractivity contribution in [2.45, 2.75) is 18.8 Å². The number of pyridine rings is 1. The van der Waals surface area contributed by atoms with Crippen molar-refractivity contribution in [1.29, 1.82) is 0 Å².